The van der Waals surface area contributed by atoms with E-state index in [0.29, 0.717) is 29.6 Å². The molecule has 0 spiro atoms. The Morgan fingerprint density at radius 3 is 2.74 bits per heavy atom. The topological polar surface area (TPSA) is 128 Å². The van der Waals surface area contributed by atoms with E-state index in [0.717, 1.165) is 39.8 Å². The van der Waals surface area contributed by atoms with Crippen molar-refractivity contribution in [1.82, 2.24) is 29.7 Å². The molecule has 0 amide bonds. The van der Waals surface area contributed by atoms with Crippen LogP contribution in [0.15, 0.2) is 61.2 Å². The minimum Gasteiger partial charge on any atom is -0.368 e. The zero-order valence-corrected chi connectivity index (χ0v) is 19.4. The molecular formula is C24H24ClN9. The zero-order chi connectivity index (χ0) is 23.7. The van der Waals surface area contributed by atoms with E-state index in [1.54, 1.807) is 4.68 Å². The maximum atomic E-state index is 6.51. The molecule has 0 radical (unpaired) electrons. The van der Waals surface area contributed by atoms with E-state index in [2.05, 4.69) is 31.1 Å². The van der Waals surface area contributed by atoms with Crippen LogP contribution in [0.2, 0.25) is 5.02 Å². The summed E-state index contributed by atoms with van der Waals surface area (Å²) in [4.78, 5) is 18.9. The van der Waals surface area contributed by atoms with Crippen molar-refractivity contribution in [2.24, 2.45) is 12.8 Å². The van der Waals surface area contributed by atoms with Crippen molar-refractivity contribution in [3.05, 3.63) is 66.2 Å². The predicted octanol–water partition coefficient (Wildman–Crippen LogP) is 4.14. The van der Waals surface area contributed by atoms with Gasteiger partial charge in [0.1, 0.15) is 11.5 Å². The van der Waals surface area contributed by atoms with Gasteiger partial charge in [0, 0.05) is 60.3 Å². The first-order chi connectivity index (χ1) is 16.5. The fourth-order valence-electron chi connectivity index (χ4n) is 3.95. The monoisotopic (exact) mass is 473 g/mol. The Hall–Kier alpha value is -3.95. The van der Waals surface area contributed by atoms with Crippen molar-refractivity contribution in [2.45, 2.75) is 6.42 Å². The Kier molecular flexibility index (Phi) is 5.87. The van der Waals surface area contributed by atoms with Crippen LogP contribution in [0.5, 0.6) is 0 Å². The second-order valence-corrected chi connectivity index (χ2v) is 8.35. The van der Waals surface area contributed by atoms with Crippen LogP contribution in [0, 0.1) is 0 Å². The van der Waals surface area contributed by atoms with Crippen LogP contribution in [-0.4, -0.2) is 42.8 Å². The van der Waals surface area contributed by atoms with E-state index >= 15 is 0 Å². The smallest absolute Gasteiger partial charge is 0.222 e. The van der Waals surface area contributed by atoms with Crippen LogP contribution in [0.25, 0.3) is 33.4 Å². The summed E-state index contributed by atoms with van der Waals surface area (Å²) in [5, 5.41) is 5.81. The molecule has 172 valence electrons. The van der Waals surface area contributed by atoms with Gasteiger partial charge >= 0.3 is 0 Å². The van der Waals surface area contributed by atoms with Gasteiger partial charge in [0.15, 0.2) is 0 Å². The molecule has 34 heavy (non-hydrogen) atoms. The number of pyridine rings is 1. The van der Waals surface area contributed by atoms with Gasteiger partial charge in [-0.2, -0.15) is 10.1 Å². The van der Waals surface area contributed by atoms with Crippen LogP contribution in [-0.2, 0) is 7.05 Å². The largest absolute Gasteiger partial charge is 0.368 e. The molecule has 5 rings (SSSR count). The summed E-state index contributed by atoms with van der Waals surface area (Å²) in [5.41, 5.74) is 17.1. The van der Waals surface area contributed by atoms with Crippen molar-refractivity contribution >= 4 is 40.1 Å². The van der Waals surface area contributed by atoms with Crippen molar-refractivity contribution in [2.75, 3.05) is 23.7 Å². The van der Waals surface area contributed by atoms with Gasteiger partial charge in [0.25, 0.3) is 0 Å². The number of nitrogens with one attached hydrogen (secondary N) is 1. The SMILES string of the molecule is Cn1cc(-c2cnc3[nH]cc(-c4cc(N(CCCN)c5ccccc5Cl)nc(N)n4)c3c2)cn1. The predicted molar refractivity (Wildman–Crippen MR) is 136 cm³/mol. The number of aryl methyl sites for hydroxylation is 1. The molecule has 4 aromatic heterocycles. The summed E-state index contributed by atoms with van der Waals surface area (Å²) in [6, 6.07) is 11.6. The number of hydrogen-bond donors (Lipinski definition) is 3. The van der Waals surface area contributed by atoms with Crippen molar-refractivity contribution in [3.8, 4) is 22.4 Å². The lowest BCUT2D eigenvalue weighted by atomic mass is 10.1. The first-order valence-corrected chi connectivity index (χ1v) is 11.2. The molecule has 9 nitrogen and oxygen atoms in total. The molecule has 10 heteroatoms. The number of nitrogens with zero attached hydrogens (tertiary/aromatic N) is 6. The number of H-pyrrole nitrogens is 1. The second kappa shape index (κ2) is 9.12. The van der Waals surface area contributed by atoms with Gasteiger partial charge in [-0.15, -0.1) is 0 Å². The molecule has 1 aromatic carbocycles. The molecule has 4 heterocycles. The van der Waals surface area contributed by atoms with Gasteiger partial charge in [0.05, 0.1) is 22.6 Å². The fraction of sp³-hybridized carbons (Fsp3) is 0.167. The Balaban J connectivity index is 1.61. The lowest BCUT2D eigenvalue weighted by Crippen LogP contribution is -2.23. The first kappa shape index (κ1) is 21.9. The number of anilines is 3. The van der Waals surface area contributed by atoms with E-state index in [9.17, 15) is 0 Å². The Bertz CT molecular complexity index is 1460. The number of rotatable bonds is 7. The lowest BCUT2D eigenvalue weighted by Gasteiger charge is -2.25. The number of aromatic amines is 1. The van der Waals surface area contributed by atoms with Gasteiger partial charge in [0.2, 0.25) is 5.95 Å². The summed E-state index contributed by atoms with van der Waals surface area (Å²) in [6.07, 6.45) is 8.24. The minimum atomic E-state index is 0.169. The van der Waals surface area contributed by atoms with Crippen molar-refractivity contribution in [3.63, 3.8) is 0 Å². The van der Waals surface area contributed by atoms with Crippen molar-refractivity contribution < 1.29 is 0 Å². The maximum Gasteiger partial charge on any atom is 0.222 e. The third kappa shape index (κ3) is 4.18. The standard InChI is InChI=1S/C24H24ClN9/c1-33-14-16(12-30-33)15-9-17-18(13-29-23(17)28-11-15)20-10-22(32-24(27)31-20)34(8-4-7-26)21-6-3-2-5-19(21)25/h2-3,5-6,9-14H,4,7-8,26H2,1H3,(H,28,29)(H2,27,31,32). The van der Waals surface area contributed by atoms with Crippen molar-refractivity contribution in [1.29, 1.82) is 0 Å². The maximum absolute atomic E-state index is 6.51. The van der Waals surface area contributed by atoms with Gasteiger partial charge in [-0.3, -0.25) is 4.68 Å². The molecule has 5 aromatic rings. The molecule has 0 aliphatic carbocycles. The molecule has 0 aliphatic rings. The van der Waals surface area contributed by atoms with Crippen LogP contribution in [0.3, 0.4) is 0 Å². The van der Waals surface area contributed by atoms with Gasteiger partial charge < -0.3 is 21.4 Å². The highest BCUT2D eigenvalue weighted by Gasteiger charge is 2.18. The molecule has 0 atom stereocenters. The molecule has 0 bridgehead atoms. The third-order valence-electron chi connectivity index (χ3n) is 5.58. The van der Waals surface area contributed by atoms with E-state index in [1.807, 2.05) is 67.1 Å². The lowest BCUT2D eigenvalue weighted by molar-refractivity contribution is 0.768. The summed E-state index contributed by atoms with van der Waals surface area (Å²) in [6.45, 7) is 1.18. The van der Waals surface area contributed by atoms with Crippen LogP contribution in [0.1, 0.15) is 6.42 Å². The quantitative estimate of drug-likeness (QED) is 0.324. The highest BCUT2D eigenvalue weighted by atomic mass is 35.5. The van der Waals surface area contributed by atoms with Gasteiger partial charge in [-0.1, -0.05) is 23.7 Å². The van der Waals surface area contributed by atoms with E-state index in [4.69, 9.17) is 23.1 Å². The fourth-order valence-corrected chi connectivity index (χ4v) is 4.19. The van der Waals surface area contributed by atoms with Gasteiger partial charge in [-0.25, -0.2) is 9.97 Å². The minimum absolute atomic E-state index is 0.169. The first-order valence-electron chi connectivity index (χ1n) is 10.9. The number of benzene rings is 1. The summed E-state index contributed by atoms with van der Waals surface area (Å²) >= 11 is 6.51. The van der Waals surface area contributed by atoms with E-state index in [-0.39, 0.29) is 5.95 Å². The number of halogens is 1. The summed E-state index contributed by atoms with van der Waals surface area (Å²) in [5.74, 6) is 0.817. The zero-order valence-electron chi connectivity index (χ0n) is 18.6. The highest BCUT2D eigenvalue weighted by Crippen LogP contribution is 2.35. The summed E-state index contributed by atoms with van der Waals surface area (Å²) < 4.78 is 1.76. The Morgan fingerprint density at radius 1 is 1.12 bits per heavy atom. The second-order valence-electron chi connectivity index (χ2n) is 7.94. The van der Waals surface area contributed by atoms with Crippen LogP contribution >= 0.6 is 11.6 Å². The number of nitrogen functional groups attached to an aromatic ring is 1. The Morgan fingerprint density at radius 2 is 1.97 bits per heavy atom. The molecule has 0 fully saturated rings. The number of nitrogens with two attached hydrogens (primary N) is 2. The molecule has 0 saturated carbocycles. The molecular weight excluding hydrogens is 450 g/mol. The normalized spacial score (nSPS) is 11.3. The molecule has 0 saturated heterocycles. The van der Waals surface area contributed by atoms with Crippen LogP contribution < -0.4 is 16.4 Å². The number of aromatic nitrogens is 6. The molecule has 5 N–H and O–H groups in total. The number of para-hydroxylation sites is 1. The number of hydrogen-bond acceptors (Lipinski definition) is 7. The van der Waals surface area contributed by atoms with E-state index in [1.165, 1.54) is 0 Å². The molecule has 0 unspecified atom stereocenters. The third-order valence-corrected chi connectivity index (χ3v) is 5.90. The molecule has 0 aliphatic heterocycles. The average molecular weight is 474 g/mol. The Labute approximate surface area is 201 Å². The summed E-state index contributed by atoms with van der Waals surface area (Å²) in [7, 11) is 1.89. The number of fused-ring (bicyclic) bond motifs is 1. The van der Waals surface area contributed by atoms with Crippen LogP contribution in [0.4, 0.5) is 17.5 Å². The van der Waals surface area contributed by atoms with Gasteiger partial charge in [-0.05, 0) is 31.2 Å². The highest BCUT2D eigenvalue weighted by molar-refractivity contribution is 6.33. The van der Waals surface area contributed by atoms with E-state index < -0.39 is 0 Å². The average Bonchev–Trinajstić information content (AvgIpc) is 3.46.